The summed E-state index contributed by atoms with van der Waals surface area (Å²) in [5.41, 5.74) is 1.39. The number of amides is 1. The Bertz CT molecular complexity index is 892. The number of para-hydroxylation sites is 1. The molecule has 7 nitrogen and oxygen atoms in total. The molecule has 0 aromatic heterocycles. The summed E-state index contributed by atoms with van der Waals surface area (Å²) in [5, 5.41) is 11.0. The highest BCUT2D eigenvalue weighted by Crippen LogP contribution is 2.20. The van der Waals surface area contributed by atoms with Crippen molar-refractivity contribution in [2.75, 3.05) is 13.3 Å². The van der Waals surface area contributed by atoms with Gasteiger partial charge in [-0.1, -0.05) is 30.3 Å². The summed E-state index contributed by atoms with van der Waals surface area (Å²) >= 11 is 0. The number of benzene rings is 2. The Morgan fingerprint density at radius 3 is 2.28 bits per heavy atom. The third-order valence-corrected chi connectivity index (χ3v) is 4.43. The lowest BCUT2D eigenvalue weighted by atomic mass is 10.1. The summed E-state index contributed by atoms with van der Waals surface area (Å²) in [7, 11) is -1.58. The van der Waals surface area contributed by atoms with Crippen LogP contribution in [0, 0.1) is 10.1 Å². The first kappa shape index (κ1) is 18.6. The van der Waals surface area contributed by atoms with E-state index in [0.717, 1.165) is 6.26 Å². The Labute approximate surface area is 146 Å². The molecule has 132 valence electrons. The van der Waals surface area contributed by atoms with Crippen molar-refractivity contribution in [3.63, 3.8) is 0 Å². The Kier molecular flexibility index (Phi) is 5.53. The second-order valence-electron chi connectivity index (χ2n) is 5.81. The van der Waals surface area contributed by atoms with E-state index in [-0.39, 0.29) is 23.9 Å². The quantitative estimate of drug-likeness (QED) is 0.580. The Balaban J connectivity index is 2.14. The molecular formula is C17H18N2O5S. The van der Waals surface area contributed by atoms with Crippen LogP contribution in [0.25, 0.3) is 0 Å². The van der Waals surface area contributed by atoms with Gasteiger partial charge in [0.05, 0.1) is 17.2 Å². The molecule has 0 saturated heterocycles. The smallest absolute Gasteiger partial charge is 0.274 e. The first-order valence-corrected chi connectivity index (χ1v) is 9.48. The van der Waals surface area contributed by atoms with Gasteiger partial charge in [-0.3, -0.25) is 14.9 Å². The van der Waals surface area contributed by atoms with Crippen LogP contribution in [-0.4, -0.2) is 37.5 Å². The van der Waals surface area contributed by atoms with Crippen molar-refractivity contribution >= 4 is 21.4 Å². The predicted octanol–water partition coefficient (Wildman–Crippen LogP) is 2.41. The summed E-state index contributed by atoms with van der Waals surface area (Å²) in [6.07, 6.45) is 1.15. The van der Waals surface area contributed by atoms with Gasteiger partial charge >= 0.3 is 0 Å². The van der Waals surface area contributed by atoms with Crippen LogP contribution >= 0.6 is 0 Å². The van der Waals surface area contributed by atoms with Gasteiger partial charge in [-0.05, 0) is 17.7 Å². The van der Waals surface area contributed by atoms with Crippen molar-refractivity contribution < 1.29 is 18.1 Å². The van der Waals surface area contributed by atoms with Crippen molar-refractivity contribution in [2.24, 2.45) is 0 Å². The van der Waals surface area contributed by atoms with E-state index >= 15 is 0 Å². The summed E-state index contributed by atoms with van der Waals surface area (Å²) in [5.74, 6) is -0.392. The van der Waals surface area contributed by atoms with Crippen LogP contribution in [0.4, 0.5) is 5.69 Å². The fraction of sp³-hybridized carbons (Fsp3) is 0.235. The van der Waals surface area contributed by atoms with Gasteiger partial charge in [-0.25, -0.2) is 8.42 Å². The van der Waals surface area contributed by atoms with E-state index < -0.39 is 14.8 Å². The monoisotopic (exact) mass is 362 g/mol. The number of nitro groups is 1. The molecule has 0 saturated carbocycles. The van der Waals surface area contributed by atoms with Crippen LogP contribution in [0.5, 0.6) is 0 Å². The summed E-state index contributed by atoms with van der Waals surface area (Å²) in [4.78, 5) is 24.4. The minimum atomic E-state index is -3.14. The van der Waals surface area contributed by atoms with E-state index in [0.29, 0.717) is 16.7 Å². The maximum absolute atomic E-state index is 12.5. The molecule has 0 radical (unpaired) electrons. The lowest BCUT2D eigenvalue weighted by molar-refractivity contribution is -0.385. The molecule has 2 aromatic carbocycles. The SMILES string of the molecule is CN(Cc1ccccc1[N+](=O)[O-])C(=O)c1ccc(CS(C)(=O)=O)cc1. The van der Waals surface area contributed by atoms with Gasteiger partial charge in [0.15, 0.2) is 9.84 Å². The number of hydrogen-bond donors (Lipinski definition) is 0. The van der Waals surface area contributed by atoms with Crippen LogP contribution < -0.4 is 0 Å². The highest BCUT2D eigenvalue weighted by atomic mass is 32.2. The number of carbonyl (C=O) groups is 1. The van der Waals surface area contributed by atoms with Crippen LogP contribution in [0.15, 0.2) is 48.5 Å². The van der Waals surface area contributed by atoms with Crippen LogP contribution in [-0.2, 0) is 22.1 Å². The maximum Gasteiger partial charge on any atom is 0.274 e. The van der Waals surface area contributed by atoms with E-state index in [9.17, 15) is 23.3 Å². The van der Waals surface area contributed by atoms with Crippen LogP contribution in [0.2, 0.25) is 0 Å². The molecule has 8 heteroatoms. The molecule has 0 aliphatic carbocycles. The van der Waals surface area contributed by atoms with E-state index in [1.54, 1.807) is 49.5 Å². The van der Waals surface area contributed by atoms with Gasteiger partial charge in [-0.15, -0.1) is 0 Å². The van der Waals surface area contributed by atoms with Gasteiger partial charge < -0.3 is 4.90 Å². The molecule has 2 rings (SSSR count). The van der Waals surface area contributed by atoms with Crippen molar-refractivity contribution in [3.05, 3.63) is 75.3 Å². The van der Waals surface area contributed by atoms with Gasteiger partial charge in [0.2, 0.25) is 0 Å². The maximum atomic E-state index is 12.5. The first-order chi connectivity index (χ1) is 11.7. The lowest BCUT2D eigenvalue weighted by Crippen LogP contribution is -2.26. The number of hydrogen-bond acceptors (Lipinski definition) is 5. The highest BCUT2D eigenvalue weighted by Gasteiger charge is 2.18. The standard InChI is InChI=1S/C17H18N2O5S/c1-18(11-15-5-3-4-6-16(15)19(21)22)17(20)14-9-7-13(8-10-14)12-25(2,23)24/h3-10H,11-12H2,1-2H3. The highest BCUT2D eigenvalue weighted by molar-refractivity contribution is 7.89. The van der Waals surface area contributed by atoms with Crippen LogP contribution in [0.1, 0.15) is 21.5 Å². The van der Waals surface area contributed by atoms with E-state index in [1.807, 2.05) is 0 Å². The molecule has 0 aliphatic rings. The van der Waals surface area contributed by atoms with Crippen LogP contribution in [0.3, 0.4) is 0 Å². The Hall–Kier alpha value is -2.74. The van der Waals surface area contributed by atoms with Crippen molar-refractivity contribution in [3.8, 4) is 0 Å². The zero-order chi connectivity index (χ0) is 18.6. The topological polar surface area (TPSA) is 97.6 Å². The number of nitrogens with zero attached hydrogens (tertiary/aromatic N) is 2. The lowest BCUT2D eigenvalue weighted by Gasteiger charge is -2.17. The number of rotatable bonds is 6. The average molecular weight is 362 g/mol. The second-order valence-corrected chi connectivity index (χ2v) is 7.95. The fourth-order valence-electron chi connectivity index (χ4n) is 2.42. The van der Waals surface area contributed by atoms with E-state index in [1.165, 1.54) is 11.0 Å². The second kappa shape index (κ2) is 7.43. The molecule has 0 spiro atoms. The number of sulfone groups is 1. The molecule has 0 aliphatic heterocycles. The number of carbonyl (C=O) groups excluding carboxylic acids is 1. The Morgan fingerprint density at radius 1 is 1.12 bits per heavy atom. The third kappa shape index (κ3) is 5.12. The summed E-state index contributed by atoms with van der Waals surface area (Å²) in [6, 6.07) is 12.5. The zero-order valence-electron chi connectivity index (χ0n) is 13.9. The fourth-order valence-corrected chi connectivity index (χ4v) is 3.21. The normalized spacial score (nSPS) is 11.1. The minimum absolute atomic E-state index is 0.0364. The largest absolute Gasteiger partial charge is 0.337 e. The molecule has 0 atom stereocenters. The molecule has 0 N–H and O–H groups in total. The average Bonchev–Trinajstić information content (AvgIpc) is 2.53. The number of nitro benzene ring substituents is 1. The molecule has 0 unspecified atom stereocenters. The molecule has 1 amide bonds. The van der Waals surface area contributed by atoms with Gasteiger partial charge in [0, 0.05) is 30.5 Å². The van der Waals surface area contributed by atoms with Crippen molar-refractivity contribution in [1.29, 1.82) is 0 Å². The zero-order valence-corrected chi connectivity index (χ0v) is 14.7. The predicted molar refractivity (Wildman–Crippen MR) is 93.9 cm³/mol. The summed E-state index contributed by atoms with van der Waals surface area (Å²) in [6.45, 7) is 0.0983. The molecular weight excluding hydrogens is 344 g/mol. The van der Waals surface area contributed by atoms with Gasteiger partial charge in [0.25, 0.3) is 11.6 Å². The third-order valence-electron chi connectivity index (χ3n) is 3.57. The Morgan fingerprint density at radius 2 is 1.72 bits per heavy atom. The molecule has 0 heterocycles. The van der Waals surface area contributed by atoms with Gasteiger partial charge in [-0.2, -0.15) is 0 Å². The van der Waals surface area contributed by atoms with Gasteiger partial charge in [0.1, 0.15) is 0 Å². The molecule has 2 aromatic rings. The summed E-state index contributed by atoms with van der Waals surface area (Å²) < 4.78 is 22.6. The molecule has 0 bridgehead atoms. The minimum Gasteiger partial charge on any atom is -0.337 e. The molecule has 0 fully saturated rings. The van der Waals surface area contributed by atoms with E-state index in [2.05, 4.69) is 0 Å². The first-order valence-electron chi connectivity index (χ1n) is 7.42. The van der Waals surface area contributed by atoms with E-state index in [4.69, 9.17) is 0 Å². The molecule has 25 heavy (non-hydrogen) atoms. The van der Waals surface area contributed by atoms with Crippen molar-refractivity contribution in [1.82, 2.24) is 4.90 Å². The van der Waals surface area contributed by atoms with Crippen molar-refractivity contribution in [2.45, 2.75) is 12.3 Å².